The maximum atomic E-state index is 13.1. The standard InChI is InChI=1S/C29H46FNO7/c1-27(2,3)36-24(32)21(12-10-11-20-13-15-22(16-14-20)35-18-17-30)19-23(25(33)37-28(4,5)6)31-26(34)38-29(7,8)9/h13-16,21,23H,10-12,17-19H2,1-9H3,(H,31,34)/i30-1. The van der Waals surface area contributed by atoms with Crippen molar-refractivity contribution in [3.05, 3.63) is 29.8 Å². The minimum Gasteiger partial charge on any atom is -0.491 e. The second-order valence-corrected chi connectivity index (χ2v) is 12.3. The van der Waals surface area contributed by atoms with Gasteiger partial charge in [-0.3, -0.25) is 4.79 Å². The Labute approximate surface area is 226 Å². The first kappa shape index (κ1) is 33.2. The lowest BCUT2D eigenvalue weighted by Gasteiger charge is -2.29. The third-order valence-corrected chi connectivity index (χ3v) is 4.93. The van der Waals surface area contributed by atoms with Crippen LogP contribution in [0.5, 0.6) is 5.75 Å². The number of carbonyl (C=O) groups is 3. The van der Waals surface area contributed by atoms with Crippen molar-refractivity contribution in [2.45, 2.75) is 111 Å². The van der Waals surface area contributed by atoms with Gasteiger partial charge in [0.2, 0.25) is 0 Å². The molecule has 0 fully saturated rings. The number of benzene rings is 1. The van der Waals surface area contributed by atoms with E-state index in [-0.39, 0.29) is 13.0 Å². The van der Waals surface area contributed by atoms with Gasteiger partial charge < -0.3 is 24.3 Å². The maximum absolute atomic E-state index is 13.1. The summed E-state index contributed by atoms with van der Waals surface area (Å²) in [6, 6.07) is 6.24. The molecule has 0 bridgehead atoms. The molecule has 2 unspecified atom stereocenters. The zero-order valence-electron chi connectivity index (χ0n) is 24.4. The highest BCUT2D eigenvalue weighted by atomic mass is 18.2. The third kappa shape index (κ3) is 14.8. The molecule has 1 rings (SSSR count). The molecule has 1 aromatic carbocycles. The first-order chi connectivity index (χ1) is 17.4. The zero-order valence-corrected chi connectivity index (χ0v) is 24.4. The molecule has 0 saturated carbocycles. The zero-order chi connectivity index (χ0) is 29.1. The van der Waals surface area contributed by atoms with E-state index in [1.165, 1.54) is 0 Å². The Bertz CT molecular complexity index is 895. The van der Waals surface area contributed by atoms with Crippen molar-refractivity contribution in [2.24, 2.45) is 5.92 Å². The number of alkyl halides is 1. The van der Waals surface area contributed by atoms with E-state index in [1.54, 1.807) is 74.4 Å². The van der Waals surface area contributed by atoms with Crippen molar-refractivity contribution in [3.63, 3.8) is 0 Å². The Morgan fingerprint density at radius 1 is 0.816 bits per heavy atom. The summed E-state index contributed by atoms with van der Waals surface area (Å²) in [7, 11) is 0. The van der Waals surface area contributed by atoms with Crippen molar-refractivity contribution in [2.75, 3.05) is 13.3 Å². The topological polar surface area (TPSA) is 100 Å². The molecule has 216 valence electrons. The van der Waals surface area contributed by atoms with Crippen molar-refractivity contribution in [3.8, 4) is 5.75 Å². The molecule has 0 heterocycles. The van der Waals surface area contributed by atoms with Gasteiger partial charge >= 0.3 is 18.0 Å². The molecule has 0 saturated heterocycles. The second kappa shape index (κ2) is 14.4. The number of esters is 2. The highest BCUT2D eigenvalue weighted by molar-refractivity contribution is 5.83. The van der Waals surface area contributed by atoms with E-state index in [0.717, 1.165) is 5.56 Å². The lowest BCUT2D eigenvalue weighted by molar-refractivity contribution is -0.163. The lowest BCUT2D eigenvalue weighted by Crippen LogP contribution is -2.47. The van der Waals surface area contributed by atoms with Crippen LogP contribution in [-0.2, 0) is 30.2 Å². The molecule has 0 radical (unpaired) electrons. The number of amides is 1. The summed E-state index contributed by atoms with van der Waals surface area (Å²) in [5.41, 5.74) is -1.24. The summed E-state index contributed by atoms with van der Waals surface area (Å²) in [5.74, 6) is -1.19. The number of aryl methyl sites for hydroxylation is 1. The van der Waals surface area contributed by atoms with Crippen LogP contribution in [-0.4, -0.2) is 54.2 Å². The fraction of sp³-hybridized carbons (Fsp3) is 0.690. The predicted octanol–water partition coefficient (Wildman–Crippen LogP) is 5.94. The van der Waals surface area contributed by atoms with Crippen LogP contribution in [0, 0.1) is 5.92 Å². The SMILES string of the molecule is CC(C)(C)OC(=O)NC(CC(CCCc1ccc(OCC[18F])cc1)C(=O)OC(C)(C)C)C(=O)OC(C)(C)C. The van der Waals surface area contributed by atoms with Gasteiger partial charge in [0.15, 0.2) is 0 Å². The van der Waals surface area contributed by atoms with E-state index in [1.807, 2.05) is 12.1 Å². The van der Waals surface area contributed by atoms with Crippen LogP contribution in [0.4, 0.5) is 9.18 Å². The summed E-state index contributed by atoms with van der Waals surface area (Å²) in [6.45, 7) is 15.1. The molecule has 0 aliphatic carbocycles. The Kier molecular flexibility index (Phi) is 12.5. The quantitative estimate of drug-likeness (QED) is 0.260. The van der Waals surface area contributed by atoms with Crippen molar-refractivity contribution >= 4 is 18.0 Å². The van der Waals surface area contributed by atoms with E-state index in [2.05, 4.69) is 5.32 Å². The smallest absolute Gasteiger partial charge is 0.408 e. The number of hydrogen-bond acceptors (Lipinski definition) is 7. The number of nitrogens with one attached hydrogen (secondary N) is 1. The van der Waals surface area contributed by atoms with Crippen molar-refractivity contribution in [1.29, 1.82) is 0 Å². The fourth-order valence-corrected chi connectivity index (χ4v) is 3.50. The van der Waals surface area contributed by atoms with E-state index in [4.69, 9.17) is 18.9 Å². The minimum absolute atomic E-state index is 0.000915. The number of hydrogen-bond donors (Lipinski definition) is 1. The van der Waals surface area contributed by atoms with Gasteiger partial charge in [0.1, 0.15) is 41.9 Å². The van der Waals surface area contributed by atoms with E-state index < -0.39 is 53.5 Å². The van der Waals surface area contributed by atoms with Crippen LogP contribution in [0.1, 0.15) is 87.1 Å². The van der Waals surface area contributed by atoms with Gasteiger partial charge in [-0.25, -0.2) is 14.0 Å². The average Bonchev–Trinajstić information content (AvgIpc) is 2.73. The molecule has 0 aliphatic heterocycles. The van der Waals surface area contributed by atoms with E-state index in [9.17, 15) is 18.8 Å². The summed E-state index contributed by atoms with van der Waals surface area (Å²) >= 11 is 0. The van der Waals surface area contributed by atoms with Gasteiger partial charge in [-0.05, 0) is 106 Å². The van der Waals surface area contributed by atoms with Crippen LogP contribution in [0.15, 0.2) is 24.3 Å². The highest BCUT2D eigenvalue weighted by Gasteiger charge is 2.34. The van der Waals surface area contributed by atoms with Crippen LogP contribution in [0.2, 0.25) is 0 Å². The Hall–Kier alpha value is -2.84. The molecule has 0 aromatic heterocycles. The van der Waals surface area contributed by atoms with Crippen LogP contribution in [0.3, 0.4) is 0 Å². The summed E-state index contributed by atoms with van der Waals surface area (Å²) in [5, 5.41) is 2.59. The lowest BCUT2D eigenvalue weighted by atomic mass is 9.92. The molecule has 9 heteroatoms. The first-order valence-electron chi connectivity index (χ1n) is 13.1. The molecule has 0 aliphatic rings. The number of halogens is 1. The molecule has 1 aromatic rings. The monoisotopic (exact) mass is 538 g/mol. The Balaban J connectivity index is 3.04. The third-order valence-electron chi connectivity index (χ3n) is 4.93. The molecule has 38 heavy (non-hydrogen) atoms. The van der Waals surface area contributed by atoms with Crippen molar-refractivity contribution < 1.29 is 37.7 Å². The van der Waals surface area contributed by atoms with Crippen molar-refractivity contribution in [1.82, 2.24) is 5.32 Å². The minimum atomic E-state index is -1.10. The maximum Gasteiger partial charge on any atom is 0.408 e. The highest BCUT2D eigenvalue weighted by Crippen LogP contribution is 2.23. The Morgan fingerprint density at radius 3 is 1.84 bits per heavy atom. The van der Waals surface area contributed by atoms with E-state index >= 15 is 0 Å². The summed E-state index contributed by atoms with van der Waals surface area (Å²) < 4.78 is 34.1. The van der Waals surface area contributed by atoms with Crippen LogP contribution < -0.4 is 10.1 Å². The summed E-state index contributed by atoms with van der Waals surface area (Å²) in [4.78, 5) is 38.7. The second-order valence-electron chi connectivity index (χ2n) is 12.3. The first-order valence-corrected chi connectivity index (χ1v) is 13.1. The van der Waals surface area contributed by atoms with Crippen LogP contribution in [0.25, 0.3) is 0 Å². The molecule has 1 amide bonds. The van der Waals surface area contributed by atoms with Crippen LogP contribution >= 0.6 is 0 Å². The van der Waals surface area contributed by atoms with Gasteiger partial charge in [-0.2, -0.15) is 0 Å². The molecular formula is C29H46FNO7. The average molecular weight is 539 g/mol. The fourth-order valence-electron chi connectivity index (χ4n) is 3.50. The summed E-state index contributed by atoms with van der Waals surface area (Å²) in [6.07, 6.45) is 0.941. The molecular weight excluding hydrogens is 492 g/mol. The number of alkyl carbamates (subject to hydrolysis) is 1. The number of carbonyl (C=O) groups excluding carboxylic acids is 3. The van der Waals surface area contributed by atoms with Gasteiger partial charge in [0.05, 0.1) is 5.92 Å². The normalized spacial score (nSPS) is 13.7. The largest absolute Gasteiger partial charge is 0.491 e. The van der Waals surface area contributed by atoms with Gasteiger partial charge in [0.25, 0.3) is 0 Å². The number of rotatable bonds is 12. The number of ether oxygens (including phenoxy) is 4. The van der Waals surface area contributed by atoms with Gasteiger partial charge in [-0.15, -0.1) is 0 Å². The van der Waals surface area contributed by atoms with E-state index in [0.29, 0.717) is 25.0 Å². The predicted molar refractivity (Wildman–Crippen MR) is 144 cm³/mol. The Morgan fingerprint density at radius 2 is 1.34 bits per heavy atom. The van der Waals surface area contributed by atoms with Gasteiger partial charge in [0, 0.05) is 0 Å². The van der Waals surface area contributed by atoms with Gasteiger partial charge in [-0.1, -0.05) is 12.1 Å². The molecule has 0 spiro atoms. The molecule has 8 nitrogen and oxygen atoms in total. The molecule has 1 N–H and O–H groups in total. The molecule has 2 atom stereocenters.